The van der Waals surface area contributed by atoms with Crippen LogP contribution in [0.3, 0.4) is 0 Å². The van der Waals surface area contributed by atoms with Gasteiger partial charge in [0.05, 0.1) is 5.92 Å². The summed E-state index contributed by atoms with van der Waals surface area (Å²) >= 11 is 0. The van der Waals surface area contributed by atoms with E-state index in [0.29, 0.717) is 32.0 Å². The van der Waals surface area contributed by atoms with Crippen molar-refractivity contribution < 1.29 is 9.59 Å². The number of hydrogen-bond donors (Lipinski definition) is 2. The van der Waals surface area contributed by atoms with Crippen LogP contribution >= 0.6 is 0 Å². The zero-order chi connectivity index (χ0) is 15.5. The summed E-state index contributed by atoms with van der Waals surface area (Å²) in [6, 6.07) is 0. The number of amides is 2. The van der Waals surface area contributed by atoms with E-state index in [0.717, 1.165) is 31.2 Å². The number of rotatable bonds is 5. The van der Waals surface area contributed by atoms with Gasteiger partial charge in [-0.2, -0.15) is 0 Å². The fourth-order valence-electron chi connectivity index (χ4n) is 4.74. The van der Waals surface area contributed by atoms with Crippen molar-refractivity contribution in [3.8, 4) is 0 Å². The molecular weight excluding hydrogens is 278 g/mol. The molecule has 3 aliphatic rings. The van der Waals surface area contributed by atoms with E-state index in [1.165, 1.54) is 25.7 Å². The maximum absolute atomic E-state index is 12.6. The van der Waals surface area contributed by atoms with Crippen molar-refractivity contribution in [2.24, 2.45) is 29.4 Å². The van der Waals surface area contributed by atoms with Gasteiger partial charge in [0.15, 0.2) is 0 Å². The highest BCUT2D eigenvalue weighted by Gasteiger charge is 2.41. The highest BCUT2D eigenvalue weighted by molar-refractivity contribution is 5.81. The van der Waals surface area contributed by atoms with Crippen molar-refractivity contribution in [3.05, 3.63) is 0 Å². The molecule has 2 saturated carbocycles. The number of carbonyl (C=O) groups is 2. The monoisotopic (exact) mass is 307 g/mol. The second kappa shape index (κ2) is 6.99. The molecule has 3 N–H and O–H groups in total. The summed E-state index contributed by atoms with van der Waals surface area (Å²) in [6.45, 7) is 2.40. The fraction of sp³-hybridized carbons (Fsp3) is 0.882. The van der Waals surface area contributed by atoms with Gasteiger partial charge in [-0.25, -0.2) is 0 Å². The van der Waals surface area contributed by atoms with Crippen LogP contribution in [0.2, 0.25) is 0 Å². The van der Waals surface area contributed by atoms with E-state index in [4.69, 9.17) is 5.73 Å². The molecule has 1 saturated heterocycles. The number of fused-ring (bicyclic) bond motifs is 2. The first-order valence-electron chi connectivity index (χ1n) is 8.93. The van der Waals surface area contributed by atoms with Gasteiger partial charge in [-0.3, -0.25) is 9.59 Å². The molecule has 0 radical (unpaired) electrons. The average molecular weight is 307 g/mol. The Morgan fingerprint density at radius 1 is 1.18 bits per heavy atom. The summed E-state index contributed by atoms with van der Waals surface area (Å²) in [6.07, 6.45) is 7.83. The minimum Gasteiger partial charge on any atom is -0.355 e. The minimum atomic E-state index is -0.0516. The minimum absolute atomic E-state index is 0.0516. The summed E-state index contributed by atoms with van der Waals surface area (Å²) < 4.78 is 0. The third-order valence-corrected chi connectivity index (χ3v) is 5.91. The first kappa shape index (κ1) is 15.8. The topological polar surface area (TPSA) is 75.4 Å². The van der Waals surface area contributed by atoms with E-state index >= 15 is 0 Å². The number of nitrogens with zero attached hydrogens (tertiary/aromatic N) is 1. The van der Waals surface area contributed by atoms with Gasteiger partial charge in [-0.15, -0.1) is 0 Å². The molecule has 3 rings (SSSR count). The van der Waals surface area contributed by atoms with E-state index in [2.05, 4.69) is 5.32 Å². The summed E-state index contributed by atoms with van der Waals surface area (Å²) in [5.41, 5.74) is 5.42. The zero-order valence-corrected chi connectivity index (χ0v) is 13.4. The summed E-state index contributed by atoms with van der Waals surface area (Å²) in [5.74, 6) is 2.57. The van der Waals surface area contributed by atoms with E-state index in [1.807, 2.05) is 4.90 Å². The standard InChI is InChI=1S/C17H29N3O2/c18-5-6-19-17(22)14-2-1-7-20(11-14)16(21)10-15-9-12-3-4-13(15)8-12/h12-15H,1-11,18H2,(H,19,22). The van der Waals surface area contributed by atoms with Crippen LogP contribution in [0.5, 0.6) is 0 Å². The van der Waals surface area contributed by atoms with Crippen LogP contribution in [0.1, 0.15) is 44.9 Å². The molecule has 1 heterocycles. The van der Waals surface area contributed by atoms with E-state index in [9.17, 15) is 9.59 Å². The lowest BCUT2D eigenvalue weighted by Gasteiger charge is -2.33. The van der Waals surface area contributed by atoms with Gasteiger partial charge in [0.1, 0.15) is 0 Å². The van der Waals surface area contributed by atoms with Gasteiger partial charge >= 0.3 is 0 Å². The molecule has 0 aromatic carbocycles. The summed E-state index contributed by atoms with van der Waals surface area (Å²) in [5, 5.41) is 2.85. The Morgan fingerprint density at radius 2 is 2.05 bits per heavy atom. The van der Waals surface area contributed by atoms with Gasteiger partial charge in [-0.1, -0.05) is 6.42 Å². The normalized spacial score (nSPS) is 34.0. The molecule has 5 heteroatoms. The van der Waals surface area contributed by atoms with Crippen molar-refractivity contribution in [2.75, 3.05) is 26.2 Å². The van der Waals surface area contributed by atoms with Crippen molar-refractivity contribution in [1.29, 1.82) is 0 Å². The Labute approximate surface area is 133 Å². The van der Waals surface area contributed by atoms with Crippen molar-refractivity contribution in [3.63, 3.8) is 0 Å². The molecule has 5 nitrogen and oxygen atoms in total. The Bertz CT molecular complexity index is 426. The number of likely N-dealkylation sites (tertiary alicyclic amines) is 1. The molecule has 2 aliphatic carbocycles. The Morgan fingerprint density at radius 3 is 2.73 bits per heavy atom. The van der Waals surface area contributed by atoms with Gasteiger partial charge in [-0.05, 0) is 49.9 Å². The van der Waals surface area contributed by atoms with Crippen LogP contribution in [0.15, 0.2) is 0 Å². The van der Waals surface area contributed by atoms with Gasteiger partial charge < -0.3 is 16.0 Å². The maximum Gasteiger partial charge on any atom is 0.224 e. The lowest BCUT2D eigenvalue weighted by atomic mass is 9.85. The maximum atomic E-state index is 12.6. The van der Waals surface area contributed by atoms with Crippen molar-refractivity contribution >= 4 is 11.8 Å². The molecule has 2 amide bonds. The Kier molecular flexibility index (Phi) is 5.01. The third-order valence-electron chi connectivity index (χ3n) is 5.91. The van der Waals surface area contributed by atoms with Gasteiger partial charge in [0.2, 0.25) is 11.8 Å². The van der Waals surface area contributed by atoms with Crippen molar-refractivity contribution in [2.45, 2.75) is 44.9 Å². The lowest BCUT2D eigenvalue weighted by molar-refractivity contribution is -0.136. The quantitative estimate of drug-likeness (QED) is 0.799. The molecule has 124 valence electrons. The highest BCUT2D eigenvalue weighted by atomic mass is 16.2. The van der Waals surface area contributed by atoms with Crippen molar-refractivity contribution in [1.82, 2.24) is 10.2 Å². The first-order valence-corrected chi connectivity index (χ1v) is 8.93. The zero-order valence-electron chi connectivity index (χ0n) is 13.4. The van der Waals surface area contributed by atoms with Crippen LogP contribution in [0.25, 0.3) is 0 Å². The number of hydrogen-bond acceptors (Lipinski definition) is 3. The number of carbonyl (C=O) groups excluding carboxylic acids is 2. The predicted octanol–water partition coefficient (Wildman–Crippen LogP) is 1.13. The van der Waals surface area contributed by atoms with E-state index in [1.54, 1.807) is 0 Å². The molecular formula is C17H29N3O2. The molecule has 4 unspecified atom stereocenters. The third kappa shape index (κ3) is 3.45. The second-order valence-electron chi connectivity index (χ2n) is 7.40. The SMILES string of the molecule is NCCNC(=O)C1CCCN(C(=O)CC2CC3CCC2C3)C1. The molecule has 0 aromatic rings. The van der Waals surface area contributed by atoms with Crippen LogP contribution in [-0.2, 0) is 9.59 Å². The van der Waals surface area contributed by atoms with Crippen LogP contribution in [0, 0.1) is 23.7 Å². The predicted molar refractivity (Wildman–Crippen MR) is 84.9 cm³/mol. The average Bonchev–Trinajstić information content (AvgIpc) is 3.15. The number of nitrogens with two attached hydrogens (primary N) is 1. The number of piperidine rings is 1. The van der Waals surface area contributed by atoms with E-state index in [-0.39, 0.29) is 17.7 Å². The Hall–Kier alpha value is -1.10. The second-order valence-corrected chi connectivity index (χ2v) is 7.40. The van der Waals surface area contributed by atoms with Gasteiger partial charge in [0.25, 0.3) is 0 Å². The summed E-state index contributed by atoms with van der Waals surface area (Å²) in [7, 11) is 0. The molecule has 2 bridgehead atoms. The van der Waals surface area contributed by atoms with Crippen LogP contribution < -0.4 is 11.1 Å². The first-order chi connectivity index (χ1) is 10.7. The molecule has 4 atom stereocenters. The van der Waals surface area contributed by atoms with Crippen LogP contribution in [0.4, 0.5) is 0 Å². The largest absolute Gasteiger partial charge is 0.355 e. The molecule has 0 aromatic heterocycles. The number of nitrogens with one attached hydrogen (secondary N) is 1. The molecule has 1 aliphatic heterocycles. The smallest absolute Gasteiger partial charge is 0.224 e. The lowest BCUT2D eigenvalue weighted by Crippen LogP contribution is -2.46. The highest BCUT2D eigenvalue weighted by Crippen LogP contribution is 2.49. The fourth-order valence-corrected chi connectivity index (χ4v) is 4.74. The molecule has 3 fully saturated rings. The van der Waals surface area contributed by atoms with Crippen LogP contribution in [-0.4, -0.2) is 42.9 Å². The Balaban J connectivity index is 1.48. The van der Waals surface area contributed by atoms with Gasteiger partial charge in [0, 0.05) is 32.6 Å². The van der Waals surface area contributed by atoms with E-state index < -0.39 is 0 Å². The molecule has 22 heavy (non-hydrogen) atoms. The molecule has 0 spiro atoms. The summed E-state index contributed by atoms with van der Waals surface area (Å²) in [4.78, 5) is 26.6.